The minimum absolute atomic E-state index is 0.337. The molecule has 1 aliphatic rings. The first-order valence-corrected chi connectivity index (χ1v) is 7.21. The van der Waals surface area contributed by atoms with Gasteiger partial charge in [0.15, 0.2) is 0 Å². The van der Waals surface area contributed by atoms with Crippen molar-refractivity contribution < 1.29 is 0 Å². The Bertz CT molecular complexity index is 373. The molecule has 18 heavy (non-hydrogen) atoms. The number of hydrogen-bond acceptors (Lipinski definition) is 2. The smallest absolute Gasteiger partial charge is 0.0236 e. The van der Waals surface area contributed by atoms with E-state index in [0.717, 1.165) is 19.5 Å². The Morgan fingerprint density at radius 1 is 1.22 bits per heavy atom. The number of nitrogens with two attached hydrogens (primary N) is 1. The van der Waals surface area contributed by atoms with Crippen LogP contribution in [0.4, 0.5) is 0 Å². The number of hydrogen-bond donors (Lipinski definition) is 1. The largest absolute Gasteiger partial charge is 0.327 e. The molecule has 0 bridgehead atoms. The monoisotopic (exact) mass is 246 g/mol. The molecule has 1 aromatic rings. The lowest BCUT2D eigenvalue weighted by Crippen LogP contribution is -2.33. The van der Waals surface area contributed by atoms with E-state index >= 15 is 0 Å². The average molecular weight is 246 g/mol. The zero-order valence-electron chi connectivity index (χ0n) is 11.7. The predicted molar refractivity (Wildman–Crippen MR) is 77.5 cm³/mol. The van der Waals surface area contributed by atoms with Crippen molar-refractivity contribution >= 4 is 0 Å². The van der Waals surface area contributed by atoms with Gasteiger partial charge in [-0.15, -0.1) is 0 Å². The summed E-state index contributed by atoms with van der Waals surface area (Å²) in [5.74, 6) is 0.587. The molecule has 0 saturated heterocycles. The predicted octanol–water partition coefficient (Wildman–Crippen LogP) is 2.81. The molecule has 1 aliphatic heterocycles. The summed E-state index contributed by atoms with van der Waals surface area (Å²) in [6.07, 6.45) is 3.61. The van der Waals surface area contributed by atoms with E-state index in [4.69, 9.17) is 5.73 Å². The van der Waals surface area contributed by atoms with E-state index in [1.54, 1.807) is 0 Å². The van der Waals surface area contributed by atoms with Gasteiger partial charge in [0.25, 0.3) is 0 Å². The number of rotatable bonds is 4. The molecule has 1 heterocycles. The van der Waals surface area contributed by atoms with Crippen LogP contribution in [-0.2, 0) is 13.0 Å². The zero-order chi connectivity index (χ0) is 13.0. The Kier molecular flexibility index (Phi) is 4.79. The van der Waals surface area contributed by atoms with E-state index in [1.807, 2.05) is 0 Å². The second kappa shape index (κ2) is 6.35. The molecule has 2 heteroatoms. The fourth-order valence-corrected chi connectivity index (χ4v) is 2.62. The Morgan fingerprint density at radius 2 is 1.94 bits per heavy atom. The van der Waals surface area contributed by atoms with Crippen molar-refractivity contribution in [2.75, 3.05) is 13.1 Å². The summed E-state index contributed by atoms with van der Waals surface area (Å²) >= 11 is 0. The van der Waals surface area contributed by atoms with Crippen molar-refractivity contribution in [3.8, 4) is 0 Å². The number of benzene rings is 1. The molecule has 2 rings (SSSR count). The van der Waals surface area contributed by atoms with E-state index in [0.29, 0.717) is 12.0 Å². The van der Waals surface area contributed by atoms with Gasteiger partial charge in [-0.2, -0.15) is 0 Å². The highest BCUT2D eigenvalue weighted by Gasteiger charge is 2.15. The lowest BCUT2D eigenvalue weighted by molar-refractivity contribution is 0.250. The maximum absolute atomic E-state index is 6.14. The molecule has 1 aromatic carbocycles. The van der Waals surface area contributed by atoms with E-state index in [-0.39, 0.29) is 0 Å². The number of aryl methyl sites for hydroxylation is 1. The summed E-state index contributed by atoms with van der Waals surface area (Å²) in [5.41, 5.74) is 9.18. The van der Waals surface area contributed by atoms with Gasteiger partial charge in [0.05, 0.1) is 0 Å². The Hall–Kier alpha value is -0.860. The third kappa shape index (κ3) is 3.56. The molecule has 2 N–H and O–H groups in total. The van der Waals surface area contributed by atoms with Crippen LogP contribution in [0, 0.1) is 5.92 Å². The number of nitrogens with zero attached hydrogens (tertiary/aromatic N) is 1. The van der Waals surface area contributed by atoms with Crippen molar-refractivity contribution in [3.05, 3.63) is 35.4 Å². The van der Waals surface area contributed by atoms with E-state index < -0.39 is 0 Å². The molecule has 1 atom stereocenters. The van der Waals surface area contributed by atoms with Crippen molar-refractivity contribution in [1.82, 2.24) is 4.90 Å². The lowest BCUT2D eigenvalue weighted by Gasteiger charge is -2.23. The summed E-state index contributed by atoms with van der Waals surface area (Å²) in [6, 6.07) is 9.20. The average Bonchev–Trinajstić information content (AvgIpc) is 2.57. The molecule has 0 aromatic heterocycles. The molecular formula is C16H26N2. The maximum atomic E-state index is 6.14. The molecule has 0 radical (unpaired) electrons. The van der Waals surface area contributed by atoms with E-state index in [1.165, 1.54) is 30.5 Å². The molecule has 0 fully saturated rings. The van der Waals surface area contributed by atoms with Crippen LogP contribution in [0.5, 0.6) is 0 Å². The van der Waals surface area contributed by atoms with Gasteiger partial charge >= 0.3 is 0 Å². The fourth-order valence-electron chi connectivity index (χ4n) is 2.62. The molecule has 100 valence electrons. The van der Waals surface area contributed by atoms with Gasteiger partial charge in [-0.05, 0) is 49.4 Å². The van der Waals surface area contributed by atoms with Gasteiger partial charge < -0.3 is 5.73 Å². The fraction of sp³-hybridized carbons (Fsp3) is 0.625. The van der Waals surface area contributed by atoms with Crippen molar-refractivity contribution in [2.24, 2.45) is 11.7 Å². The van der Waals surface area contributed by atoms with Crippen LogP contribution in [-0.4, -0.2) is 24.0 Å². The Balaban J connectivity index is 1.92. The summed E-state index contributed by atoms with van der Waals surface area (Å²) < 4.78 is 0. The maximum Gasteiger partial charge on any atom is 0.0236 e. The topological polar surface area (TPSA) is 29.3 Å². The first kappa shape index (κ1) is 13.6. The minimum atomic E-state index is 0.337. The van der Waals surface area contributed by atoms with Gasteiger partial charge in [-0.1, -0.05) is 38.1 Å². The van der Waals surface area contributed by atoms with Crippen molar-refractivity contribution in [2.45, 2.75) is 45.7 Å². The third-order valence-corrected chi connectivity index (χ3v) is 4.07. The summed E-state index contributed by atoms with van der Waals surface area (Å²) in [5, 5.41) is 0. The van der Waals surface area contributed by atoms with Crippen molar-refractivity contribution in [1.29, 1.82) is 0 Å². The lowest BCUT2D eigenvalue weighted by atomic mass is 10.0. The normalized spacial score (nSPS) is 18.4. The first-order chi connectivity index (χ1) is 8.66. The van der Waals surface area contributed by atoms with Crippen LogP contribution in [0.25, 0.3) is 0 Å². The highest BCUT2D eigenvalue weighted by Crippen LogP contribution is 2.18. The van der Waals surface area contributed by atoms with Crippen LogP contribution in [0.15, 0.2) is 24.3 Å². The van der Waals surface area contributed by atoms with Gasteiger partial charge in [0, 0.05) is 12.6 Å². The minimum Gasteiger partial charge on any atom is -0.327 e. The first-order valence-electron chi connectivity index (χ1n) is 7.21. The van der Waals surface area contributed by atoms with Gasteiger partial charge in [-0.25, -0.2) is 0 Å². The standard InChI is InChI=1S/C16H26N2/c1-13(2)16(17)9-11-18-10-5-8-14-6-3-4-7-15(14)12-18/h3-4,6-7,13,16H,5,8-12,17H2,1-2H3. The summed E-state index contributed by atoms with van der Waals surface area (Å²) in [6.45, 7) is 7.86. The highest BCUT2D eigenvalue weighted by molar-refractivity contribution is 5.27. The molecule has 0 amide bonds. The van der Waals surface area contributed by atoms with Crippen LogP contribution >= 0.6 is 0 Å². The molecule has 0 saturated carbocycles. The molecule has 0 aliphatic carbocycles. The van der Waals surface area contributed by atoms with E-state index in [2.05, 4.69) is 43.0 Å². The van der Waals surface area contributed by atoms with Crippen LogP contribution in [0.1, 0.15) is 37.8 Å². The third-order valence-electron chi connectivity index (χ3n) is 4.07. The van der Waals surface area contributed by atoms with Gasteiger partial charge in [0.1, 0.15) is 0 Å². The second-order valence-corrected chi connectivity index (χ2v) is 5.84. The Morgan fingerprint density at radius 3 is 2.67 bits per heavy atom. The van der Waals surface area contributed by atoms with Crippen LogP contribution < -0.4 is 5.73 Å². The van der Waals surface area contributed by atoms with Gasteiger partial charge in [-0.3, -0.25) is 4.90 Å². The van der Waals surface area contributed by atoms with Crippen LogP contribution in [0.2, 0.25) is 0 Å². The van der Waals surface area contributed by atoms with Gasteiger partial charge in [0.2, 0.25) is 0 Å². The molecular weight excluding hydrogens is 220 g/mol. The van der Waals surface area contributed by atoms with E-state index in [9.17, 15) is 0 Å². The molecule has 1 unspecified atom stereocenters. The SMILES string of the molecule is CC(C)C(N)CCN1CCCc2ccccc2C1. The number of fused-ring (bicyclic) bond motifs is 1. The zero-order valence-corrected chi connectivity index (χ0v) is 11.7. The van der Waals surface area contributed by atoms with Crippen molar-refractivity contribution in [3.63, 3.8) is 0 Å². The molecule has 2 nitrogen and oxygen atoms in total. The Labute approximate surface area is 111 Å². The summed E-state index contributed by atoms with van der Waals surface area (Å²) in [7, 11) is 0. The quantitative estimate of drug-likeness (QED) is 0.885. The molecule has 0 spiro atoms. The van der Waals surface area contributed by atoms with Crippen LogP contribution in [0.3, 0.4) is 0 Å². The highest BCUT2D eigenvalue weighted by atomic mass is 15.1. The summed E-state index contributed by atoms with van der Waals surface area (Å²) in [4.78, 5) is 2.56. The second-order valence-electron chi connectivity index (χ2n) is 5.84.